The van der Waals surface area contributed by atoms with E-state index < -0.39 is 0 Å². The van der Waals surface area contributed by atoms with Crippen LogP contribution in [0.5, 0.6) is 0 Å². The smallest absolute Gasteiger partial charge is 0.136 e. The van der Waals surface area contributed by atoms with E-state index in [1.807, 2.05) is 6.92 Å². The molecular weight excluding hydrogens is 162 g/mol. The molecule has 0 bridgehead atoms. The summed E-state index contributed by atoms with van der Waals surface area (Å²) in [5, 5.41) is 0. The van der Waals surface area contributed by atoms with Gasteiger partial charge in [-0.25, -0.2) is 0 Å². The van der Waals surface area contributed by atoms with E-state index in [-0.39, 0.29) is 18.4 Å². The molecule has 0 N–H and O–H groups in total. The van der Waals surface area contributed by atoms with Crippen molar-refractivity contribution in [2.45, 2.75) is 32.2 Å². The molecule has 3 heteroatoms. The Morgan fingerprint density at radius 1 is 1.27 bits per heavy atom. The lowest BCUT2D eigenvalue weighted by Gasteiger charge is -2.28. The van der Waals surface area contributed by atoms with Gasteiger partial charge in [-0.1, -0.05) is 6.42 Å². The van der Waals surface area contributed by atoms with Crippen LogP contribution in [0.25, 0.3) is 0 Å². The van der Waals surface area contributed by atoms with Crippen molar-refractivity contribution < 1.29 is 4.79 Å². The molecule has 0 aliphatic carbocycles. The number of rotatable bonds is 2. The van der Waals surface area contributed by atoms with Crippen LogP contribution in [0.1, 0.15) is 26.2 Å². The monoisotopic (exact) mass is 177 g/mol. The zero-order valence-corrected chi connectivity index (χ0v) is 7.77. The minimum atomic E-state index is 0. The number of piperidine rings is 1. The summed E-state index contributed by atoms with van der Waals surface area (Å²) in [6, 6.07) is 0.139. The standard InChI is InChI=1S/C8H15NO.ClH/c1-8(7-10)9-5-3-2-4-6-9;/h7-8H,2-6H2,1H3;1H. The Morgan fingerprint density at radius 2 is 1.82 bits per heavy atom. The summed E-state index contributed by atoms with van der Waals surface area (Å²) in [5.41, 5.74) is 0. The molecule has 11 heavy (non-hydrogen) atoms. The molecule has 2 nitrogen and oxygen atoms in total. The molecule has 0 saturated carbocycles. The van der Waals surface area contributed by atoms with Crippen LogP contribution in [0.2, 0.25) is 0 Å². The highest BCUT2D eigenvalue weighted by atomic mass is 35.5. The van der Waals surface area contributed by atoms with Gasteiger partial charge in [-0.05, 0) is 32.9 Å². The van der Waals surface area contributed by atoms with E-state index in [9.17, 15) is 4.79 Å². The van der Waals surface area contributed by atoms with Crippen LogP contribution >= 0.6 is 12.4 Å². The second-order valence-electron chi connectivity index (χ2n) is 2.97. The number of aldehydes is 1. The lowest BCUT2D eigenvalue weighted by Crippen LogP contribution is -2.38. The molecule has 0 amide bonds. The maximum absolute atomic E-state index is 10.4. The minimum absolute atomic E-state index is 0. The molecule has 1 aliphatic heterocycles. The number of nitrogens with zero attached hydrogens (tertiary/aromatic N) is 1. The Morgan fingerprint density at radius 3 is 2.27 bits per heavy atom. The van der Waals surface area contributed by atoms with Crippen molar-refractivity contribution in [3.8, 4) is 0 Å². The van der Waals surface area contributed by atoms with Gasteiger partial charge >= 0.3 is 0 Å². The molecule has 1 aliphatic rings. The summed E-state index contributed by atoms with van der Waals surface area (Å²) in [6.45, 7) is 4.19. The molecule has 66 valence electrons. The second-order valence-corrected chi connectivity index (χ2v) is 2.97. The van der Waals surface area contributed by atoms with Crippen molar-refractivity contribution in [1.29, 1.82) is 0 Å². The summed E-state index contributed by atoms with van der Waals surface area (Å²) < 4.78 is 0. The first-order valence-corrected chi connectivity index (χ1v) is 4.04. The minimum Gasteiger partial charge on any atom is -0.302 e. The van der Waals surface area contributed by atoms with Crippen LogP contribution in [0.3, 0.4) is 0 Å². The molecule has 0 aromatic carbocycles. The van der Waals surface area contributed by atoms with Crippen molar-refractivity contribution in [3.05, 3.63) is 0 Å². The molecule has 1 rings (SSSR count). The van der Waals surface area contributed by atoms with Gasteiger partial charge in [-0.2, -0.15) is 0 Å². The molecule has 0 spiro atoms. The van der Waals surface area contributed by atoms with Crippen LogP contribution in [-0.4, -0.2) is 30.3 Å². The Kier molecular flexibility index (Phi) is 5.51. The molecule has 1 atom stereocenters. The largest absolute Gasteiger partial charge is 0.302 e. The van der Waals surface area contributed by atoms with Crippen molar-refractivity contribution in [2.24, 2.45) is 0 Å². The number of carbonyl (C=O) groups is 1. The molecule has 0 aromatic rings. The van der Waals surface area contributed by atoms with Crippen molar-refractivity contribution in [2.75, 3.05) is 13.1 Å². The van der Waals surface area contributed by atoms with Gasteiger partial charge in [-0.15, -0.1) is 12.4 Å². The predicted molar refractivity (Wildman–Crippen MR) is 48.2 cm³/mol. The Labute approximate surface area is 74.4 Å². The number of hydrogen-bond donors (Lipinski definition) is 0. The average molecular weight is 178 g/mol. The number of likely N-dealkylation sites (tertiary alicyclic amines) is 1. The van der Waals surface area contributed by atoms with Crippen LogP contribution in [-0.2, 0) is 4.79 Å². The van der Waals surface area contributed by atoms with Gasteiger partial charge in [0.05, 0.1) is 6.04 Å². The molecule has 0 aromatic heterocycles. The van der Waals surface area contributed by atoms with Gasteiger partial charge in [0.15, 0.2) is 0 Å². The summed E-state index contributed by atoms with van der Waals surface area (Å²) in [7, 11) is 0. The van der Waals surface area contributed by atoms with Crippen LogP contribution in [0.15, 0.2) is 0 Å². The maximum Gasteiger partial charge on any atom is 0.136 e. The van der Waals surface area contributed by atoms with Crippen LogP contribution < -0.4 is 0 Å². The SMILES string of the molecule is CC(C=O)N1CCCCC1.Cl. The van der Waals surface area contributed by atoms with Gasteiger partial charge in [0.25, 0.3) is 0 Å². The first kappa shape index (κ1) is 10.9. The summed E-state index contributed by atoms with van der Waals surface area (Å²) >= 11 is 0. The molecule has 1 unspecified atom stereocenters. The van der Waals surface area contributed by atoms with Crippen molar-refractivity contribution in [3.63, 3.8) is 0 Å². The van der Waals surface area contributed by atoms with Gasteiger partial charge in [0, 0.05) is 0 Å². The highest BCUT2D eigenvalue weighted by Crippen LogP contribution is 2.10. The van der Waals surface area contributed by atoms with Gasteiger partial charge in [0.2, 0.25) is 0 Å². The second kappa shape index (κ2) is 5.56. The number of carbonyl (C=O) groups excluding carboxylic acids is 1. The number of halogens is 1. The van der Waals surface area contributed by atoms with Gasteiger partial charge in [-0.3, -0.25) is 4.90 Å². The van der Waals surface area contributed by atoms with Gasteiger partial charge < -0.3 is 4.79 Å². The maximum atomic E-state index is 10.4. The average Bonchev–Trinajstić information content (AvgIpc) is 2.05. The molecular formula is C8H16ClNO. The zero-order valence-electron chi connectivity index (χ0n) is 6.95. The van der Waals surface area contributed by atoms with E-state index >= 15 is 0 Å². The fourth-order valence-electron chi connectivity index (χ4n) is 1.41. The molecule has 1 heterocycles. The van der Waals surface area contributed by atoms with E-state index in [1.54, 1.807) is 0 Å². The Bertz CT molecular complexity index is 113. The molecule has 0 radical (unpaired) electrons. The first-order chi connectivity index (χ1) is 4.84. The van der Waals surface area contributed by atoms with Crippen LogP contribution in [0.4, 0.5) is 0 Å². The number of hydrogen-bond acceptors (Lipinski definition) is 2. The first-order valence-electron chi connectivity index (χ1n) is 4.04. The lowest BCUT2D eigenvalue weighted by atomic mass is 10.1. The Balaban J connectivity index is 0.000001000. The van der Waals surface area contributed by atoms with Crippen molar-refractivity contribution >= 4 is 18.7 Å². The van der Waals surface area contributed by atoms with E-state index in [0.29, 0.717) is 0 Å². The summed E-state index contributed by atoms with van der Waals surface area (Å²) in [5.74, 6) is 0. The quantitative estimate of drug-likeness (QED) is 0.596. The van der Waals surface area contributed by atoms with Gasteiger partial charge in [0.1, 0.15) is 6.29 Å². The van der Waals surface area contributed by atoms with E-state index in [2.05, 4.69) is 4.90 Å². The lowest BCUT2D eigenvalue weighted by molar-refractivity contribution is -0.112. The van der Waals surface area contributed by atoms with E-state index in [1.165, 1.54) is 19.3 Å². The molecule has 1 fully saturated rings. The normalized spacial score (nSPS) is 21.9. The highest BCUT2D eigenvalue weighted by molar-refractivity contribution is 5.85. The topological polar surface area (TPSA) is 20.3 Å². The third-order valence-corrected chi connectivity index (χ3v) is 2.16. The third-order valence-electron chi connectivity index (χ3n) is 2.16. The fraction of sp³-hybridized carbons (Fsp3) is 0.875. The Hall–Kier alpha value is -0.0800. The third kappa shape index (κ3) is 3.21. The van der Waals surface area contributed by atoms with E-state index in [0.717, 1.165) is 19.4 Å². The predicted octanol–water partition coefficient (Wildman–Crippen LogP) is 1.48. The van der Waals surface area contributed by atoms with E-state index in [4.69, 9.17) is 0 Å². The summed E-state index contributed by atoms with van der Waals surface area (Å²) in [6.07, 6.45) is 4.89. The van der Waals surface area contributed by atoms with Crippen LogP contribution in [0, 0.1) is 0 Å². The fourth-order valence-corrected chi connectivity index (χ4v) is 1.41. The highest BCUT2D eigenvalue weighted by Gasteiger charge is 2.14. The molecule has 1 saturated heterocycles. The van der Waals surface area contributed by atoms with Crippen molar-refractivity contribution in [1.82, 2.24) is 4.90 Å². The summed E-state index contributed by atoms with van der Waals surface area (Å²) in [4.78, 5) is 12.6. The zero-order chi connectivity index (χ0) is 7.40.